The molecule has 0 bridgehead atoms. The lowest BCUT2D eigenvalue weighted by molar-refractivity contribution is -0.132. The summed E-state index contributed by atoms with van der Waals surface area (Å²) >= 11 is 0. The third-order valence-electron chi connectivity index (χ3n) is 4.37. The highest BCUT2D eigenvalue weighted by Gasteiger charge is 2.29. The molecule has 1 saturated heterocycles. The summed E-state index contributed by atoms with van der Waals surface area (Å²) in [6.07, 6.45) is 0.183. The van der Waals surface area contributed by atoms with Crippen molar-refractivity contribution < 1.29 is 22.3 Å². The minimum absolute atomic E-state index is 0.0890. The Morgan fingerprint density at radius 1 is 0.963 bits per heavy atom. The molecule has 6 nitrogen and oxygen atoms in total. The van der Waals surface area contributed by atoms with Crippen molar-refractivity contribution in [2.24, 2.45) is 0 Å². The molecule has 1 aliphatic heterocycles. The van der Waals surface area contributed by atoms with Crippen molar-refractivity contribution in [1.29, 1.82) is 0 Å². The molecule has 27 heavy (non-hydrogen) atoms. The number of hydrogen-bond acceptors (Lipinski definition) is 4. The van der Waals surface area contributed by atoms with Gasteiger partial charge in [-0.05, 0) is 36.4 Å². The van der Waals surface area contributed by atoms with Crippen LogP contribution in [-0.2, 0) is 14.8 Å². The second kappa shape index (κ2) is 8.49. The minimum Gasteiger partial charge on any atom is -0.493 e. The molecule has 3 rings (SSSR count). The van der Waals surface area contributed by atoms with Gasteiger partial charge in [-0.3, -0.25) is 4.79 Å². The lowest BCUT2D eigenvalue weighted by atomic mass is 10.3. The molecule has 8 heteroatoms. The molecular weight excluding hydrogens is 371 g/mol. The number of nitrogens with zero attached hydrogens (tertiary/aromatic N) is 2. The second-order valence-electron chi connectivity index (χ2n) is 6.15. The molecule has 1 aliphatic rings. The normalized spacial score (nSPS) is 15.5. The molecular formula is C19H21FN2O4S. The van der Waals surface area contributed by atoms with Crippen molar-refractivity contribution in [1.82, 2.24) is 9.21 Å². The number of carbonyl (C=O) groups excluding carboxylic acids is 1. The summed E-state index contributed by atoms with van der Waals surface area (Å²) in [5.74, 6) is 0.0681. The van der Waals surface area contributed by atoms with E-state index in [0.29, 0.717) is 18.8 Å². The molecule has 0 spiro atoms. The smallest absolute Gasteiger partial charge is 0.243 e. The van der Waals surface area contributed by atoms with Crippen molar-refractivity contribution in [3.05, 3.63) is 60.4 Å². The van der Waals surface area contributed by atoms with E-state index in [-0.39, 0.29) is 42.7 Å². The number of amides is 1. The molecule has 0 aliphatic carbocycles. The zero-order valence-corrected chi connectivity index (χ0v) is 15.6. The van der Waals surface area contributed by atoms with E-state index in [1.165, 1.54) is 28.6 Å². The summed E-state index contributed by atoms with van der Waals surface area (Å²) < 4.78 is 44.9. The lowest BCUT2D eigenvalue weighted by Crippen LogP contribution is -2.50. The van der Waals surface area contributed by atoms with Gasteiger partial charge in [0.05, 0.1) is 17.9 Å². The maximum Gasteiger partial charge on any atom is 0.243 e. The first kappa shape index (κ1) is 19.3. The van der Waals surface area contributed by atoms with Crippen LogP contribution in [0.1, 0.15) is 6.42 Å². The van der Waals surface area contributed by atoms with Crippen LogP contribution in [0.4, 0.5) is 4.39 Å². The fourth-order valence-electron chi connectivity index (χ4n) is 2.86. The van der Waals surface area contributed by atoms with Gasteiger partial charge < -0.3 is 9.64 Å². The van der Waals surface area contributed by atoms with Crippen LogP contribution in [-0.4, -0.2) is 56.3 Å². The van der Waals surface area contributed by atoms with Gasteiger partial charge in [-0.15, -0.1) is 0 Å². The molecule has 1 heterocycles. The lowest BCUT2D eigenvalue weighted by Gasteiger charge is -2.34. The van der Waals surface area contributed by atoms with Crippen LogP contribution in [0.15, 0.2) is 59.5 Å². The standard InChI is InChI=1S/C19H21FN2O4S/c20-16-6-8-17(9-7-16)26-15-10-19(23)21-11-13-22(14-12-21)27(24,25)18-4-2-1-3-5-18/h1-9H,10-15H2. The Morgan fingerprint density at radius 2 is 1.59 bits per heavy atom. The highest BCUT2D eigenvalue weighted by molar-refractivity contribution is 7.89. The molecule has 0 atom stereocenters. The summed E-state index contributed by atoms with van der Waals surface area (Å²) in [4.78, 5) is 14.2. The number of halogens is 1. The molecule has 0 N–H and O–H groups in total. The highest BCUT2D eigenvalue weighted by atomic mass is 32.2. The van der Waals surface area contributed by atoms with Crippen LogP contribution in [0.5, 0.6) is 5.75 Å². The van der Waals surface area contributed by atoms with E-state index in [9.17, 15) is 17.6 Å². The van der Waals surface area contributed by atoms with Crippen LogP contribution in [0.3, 0.4) is 0 Å². The Hall–Kier alpha value is -2.45. The molecule has 0 unspecified atom stereocenters. The zero-order chi connectivity index (χ0) is 19.3. The van der Waals surface area contributed by atoms with Crippen LogP contribution < -0.4 is 4.74 Å². The van der Waals surface area contributed by atoms with Crippen LogP contribution in [0, 0.1) is 5.82 Å². The number of piperazine rings is 1. The third-order valence-corrected chi connectivity index (χ3v) is 6.28. The molecule has 2 aromatic carbocycles. The number of rotatable bonds is 6. The highest BCUT2D eigenvalue weighted by Crippen LogP contribution is 2.17. The number of sulfonamides is 1. The summed E-state index contributed by atoms with van der Waals surface area (Å²) in [6.45, 7) is 1.42. The third kappa shape index (κ3) is 4.84. The van der Waals surface area contributed by atoms with Crippen LogP contribution in [0.2, 0.25) is 0 Å². The fourth-order valence-corrected chi connectivity index (χ4v) is 4.31. The first-order chi connectivity index (χ1) is 13.0. The minimum atomic E-state index is -3.53. The van der Waals surface area contributed by atoms with Crippen LogP contribution >= 0.6 is 0 Å². The SMILES string of the molecule is O=C(CCOc1ccc(F)cc1)N1CCN(S(=O)(=O)c2ccccc2)CC1. The predicted octanol–water partition coefficient (Wildman–Crippen LogP) is 2.13. The Bertz CT molecular complexity index is 864. The summed E-state index contributed by atoms with van der Waals surface area (Å²) in [7, 11) is -3.53. The summed E-state index contributed by atoms with van der Waals surface area (Å²) in [5.41, 5.74) is 0. The molecule has 0 radical (unpaired) electrons. The number of ether oxygens (including phenoxy) is 1. The van der Waals surface area contributed by atoms with Crippen molar-refractivity contribution in [3.8, 4) is 5.75 Å². The first-order valence-electron chi connectivity index (χ1n) is 8.68. The summed E-state index contributed by atoms with van der Waals surface area (Å²) in [6, 6.07) is 13.9. The molecule has 0 saturated carbocycles. The maximum absolute atomic E-state index is 12.8. The molecule has 1 amide bonds. The zero-order valence-electron chi connectivity index (χ0n) is 14.8. The number of carbonyl (C=O) groups is 1. The molecule has 144 valence electrons. The van der Waals surface area contributed by atoms with E-state index in [2.05, 4.69) is 0 Å². The Kier molecular flexibility index (Phi) is 6.08. The van der Waals surface area contributed by atoms with Gasteiger partial charge in [-0.1, -0.05) is 18.2 Å². The molecule has 1 fully saturated rings. The topological polar surface area (TPSA) is 66.9 Å². The van der Waals surface area contributed by atoms with Crippen molar-refractivity contribution in [2.75, 3.05) is 32.8 Å². The van der Waals surface area contributed by atoms with Crippen molar-refractivity contribution >= 4 is 15.9 Å². The van der Waals surface area contributed by atoms with Gasteiger partial charge in [0.15, 0.2) is 0 Å². The van der Waals surface area contributed by atoms with Gasteiger partial charge >= 0.3 is 0 Å². The number of hydrogen-bond donors (Lipinski definition) is 0. The predicted molar refractivity (Wildman–Crippen MR) is 98.3 cm³/mol. The maximum atomic E-state index is 12.8. The number of benzene rings is 2. The van der Waals surface area contributed by atoms with Crippen molar-refractivity contribution in [3.63, 3.8) is 0 Å². The Morgan fingerprint density at radius 3 is 2.22 bits per heavy atom. The average Bonchev–Trinajstić information content (AvgIpc) is 2.70. The van der Waals surface area contributed by atoms with Gasteiger partial charge in [-0.2, -0.15) is 4.31 Å². The van der Waals surface area contributed by atoms with E-state index in [1.807, 2.05) is 0 Å². The van der Waals surface area contributed by atoms with Gasteiger partial charge in [-0.25, -0.2) is 12.8 Å². The molecule has 2 aromatic rings. The van der Waals surface area contributed by atoms with E-state index in [4.69, 9.17) is 4.74 Å². The van der Waals surface area contributed by atoms with E-state index in [1.54, 1.807) is 35.2 Å². The van der Waals surface area contributed by atoms with Gasteiger partial charge in [0, 0.05) is 26.2 Å². The van der Waals surface area contributed by atoms with E-state index >= 15 is 0 Å². The average molecular weight is 392 g/mol. The van der Waals surface area contributed by atoms with Gasteiger partial charge in [0.2, 0.25) is 15.9 Å². The Balaban J connectivity index is 1.47. The van der Waals surface area contributed by atoms with E-state index in [0.717, 1.165) is 0 Å². The second-order valence-corrected chi connectivity index (χ2v) is 8.09. The van der Waals surface area contributed by atoms with Gasteiger partial charge in [0.1, 0.15) is 11.6 Å². The quantitative estimate of drug-likeness (QED) is 0.755. The van der Waals surface area contributed by atoms with E-state index < -0.39 is 10.0 Å². The van der Waals surface area contributed by atoms with Crippen molar-refractivity contribution in [2.45, 2.75) is 11.3 Å². The summed E-state index contributed by atoms with van der Waals surface area (Å²) in [5, 5.41) is 0. The largest absolute Gasteiger partial charge is 0.493 e. The monoisotopic (exact) mass is 392 g/mol. The van der Waals surface area contributed by atoms with Gasteiger partial charge in [0.25, 0.3) is 0 Å². The molecule has 0 aromatic heterocycles. The first-order valence-corrected chi connectivity index (χ1v) is 10.1. The Labute approximate surface area is 158 Å². The fraction of sp³-hybridized carbons (Fsp3) is 0.316. The van der Waals surface area contributed by atoms with Crippen LogP contribution in [0.25, 0.3) is 0 Å².